The summed E-state index contributed by atoms with van der Waals surface area (Å²) in [6, 6.07) is 0.491. The molecular formula is C20H38N2. The van der Waals surface area contributed by atoms with Crippen LogP contribution in [0.2, 0.25) is 0 Å². The molecule has 0 saturated heterocycles. The van der Waals surface area contributed by atoms with Gasteiger partial charge in [-0.3, -0.25) is 9.98 Å². The Morgan fingerprint density at radius 1 is 0.864 bits per heavy atom. The van der Waals surface area contributed by atoms with E-state index in [2.05, 4.69) is 48.5 Å². The van der Waals surface area contributed by atoms with Gasteiger partial charge in [-0.05, 0) is 55.8 Å². The van der Waals surface area contributed by atoms with Gasteiger partial charge in [-0.25, -0.2) is 0 Å². The molecule has 2 atom stereocenters. The maximum atomic E-state index is 5.10. The van der Waals surface area contributed by atoms with Crippen LogP contribution in [0.15, 0.2) is 9.98 Å². The summed E-state index contributed by atoms with van der Waals surface area (Å²) in [6.45, 7) is 17.1. The van der Waals surface area contributed by atoms with Gasteiger partial charge in [0.05, 0.1) is 6.04 Å². The van der Waals surface area contributed by atoms with Crippen molar-refractivity contribution in [3.8, 4) is 0 Å². The van der Waals surface area contributed by atoms with Crippen LogP contribution in [0.3, 0.4) is 0 Å². The predicted molar refractivity (Wildman–Crippen MR) is 100 cm³/mol. The van der Waals surface area contributed by atoms with Crippen molar-refractivity contribution >= 4 is 11.4 Å². The molecule has 1 rings (SSSR count). The van der Waals surface area contributed by atoms with Crippen LogP contribution in [0.25, 0.3) is 0 Å². The van der Waals surface area contributed by atoms with E-state index in [0.717, 1.165) is 32.2 Å². The summed E-state index contributed by atoms with van der Waals surface area (Å²) in [7, 11) is 0. The minimum atomic E-state index is 0.304. The van der Waals surface area contributed by atoms with Crippen LogP contribution >= 0.6 is 0 Å². The third kappa shape index (κ3) is 5.85. The molecule has 0 bridgehead atoms. The van der Waals surface area contributed by atoms with Crippen molar-refractivity contribution in [2.75, 3.05) is 6.54 Å². The molecule has 22 heavy (non-hydrogen) atoms. The molecule has 0 radical (unpaired) electrons. The van der Waals surface area contributed by atoms with E-state index < -0.39 is 0 Å². The van der Waals surface area contributed by atoms with Gasteiger partial charge < -0.3 is 0 Å². The summed E-state index contributed by atoms with van der Waals surface area (Å²) in [6.07, 6.45) is 8.06. The molecule has 0 aliphatic heterocycles. The fourth-order valence-corrected chi connectivity index (χ4v) is 4.26. The summed E-state index contributed by atoms with van der Waals surface area (Å²) in [4.78, 5) is 10.0. The molecule has 1 aliphatic carbocycles. The second kappa shape index (κ2) is 8.26. The number of nitrogens with zero attached hydrogens (tertiary/aromatic N) is 2. The first-order valence-electron chi connectivity index (χ1n) is 9.35. The van der Waals surface area contributed by atoms with E-state index in [0.29, 0.717) is 16.9 Å². The summed E-state index contributed by atoms with van der Waals surface area (Å²) in [5.41, 5.74) is 3.43. The first kappa shape index (κ1) is 19.4. The van der Waals surface area contributed by atoms with Gasteiger partial charge in [0.2, 0.25) is 0 Å². The first-order chi connectivity index (χ1) is 10.3. The van der Waals surface area contributed by atoms with E-state index in [1.807, 2.05) is 0 Å². The second-order valence-corrected chi connectivity index (χ2v) is 8.21. The summed E-state index contributed by atoms with van der Waals surface area (Å²) in [5.74, 6) is 0. The molecule has 1 aliphatic rings. The number of hydrogen-bond acceptors (Lipinski definition) is 2. The highest BCUT2D eigenvalue weighted by Crippen LogP contribution is 2.47. The Bertz CT molecular complexity index is 394. The summed E-state index contributed by atoms with van der Waals surface area (Å²) in [5, 5.41) is 0. The Hall–Kier alpha value is -0.660. The average Bonchev–Trinajstić information content (AvgIpc) is 2.43. The number of aliphatic imine (C=N–C) groups is 2. The van der Waals surface area contributed by atoms with Crippen molar-refractivity contribution in [3.63, 3.8) is 0 Å². The number of hydrogen-bond donors (Lipinski definition) is 0. The highest BCUT2D eigenvalue weighted by atomic mass is 14.8. The van der Waals surface area contributed by atoms with Gasteiger partial charge in [-0.1, -0.05) is 48.5 Å². The summed E-state index contributed by atoms with van der Waals surface area (Å²) >= 11 is 0. The molecule has 1 saturated carbocycles. The molecule has 0 aromatic rings. The SMILES string of the molecule is CCC(CC)=NCC1(C)CC(N=C(CC)CC)CC(C)(C)C1. The Balaban J connectivity index is 2.90. The fraction of sp³-hybridized carbons (Fsp3) is 0.900. The molecule has 0 amide bonds. The van der Waals surface area contributed by atoms with Crippen molar-refractivity contribution < 1.29 is 0 Å². The summed E-state index contributed by atoms with van der Waals surface area (Å²) < 4.78 is 0. The standard InChI is InChI=1S/C20H38N2/c1-8-16(9-2)21-15-20(7)13-18(12-19(5,6)14-20)22-17(10-3)11-4/h18H,8-15H2,1-7H3. The molecule has 0 heterocycles. The molecular weight excluding hydrogens is 268 g/mol. The van der Waals surface area contributed by atoms with Crippen molar-refractivity contribution in [1.29, 1.82) is 0 Å². The minimum Gasteiger partial charge on any atom is -0.294 e. The monoisotopic (exact) mass is 306 g/mol. The molecule has 1 fully saturated rings. The minimum absolute atomic E-state index is 0.304. The predicted octanol–water partition coefficient (Wildman–Crippen LogP) is 6.09. The van der Waals surface area contributed by atoms with Gasteiger partial charge >= 0.3 is 0 Å². The van der Waals surface area contributed by atoms with E-state index in [1.54, 1.807) is 0 Å². The molecule has 2 unspecified atom stereocenters. The lowest BCUT2D eigenvalue weighted by molar-refractivity contribution is 0.0913. The van der Waals surface area contributed by atoms with Gasteiger partial charge in [0.1, 0.15) is 0 Å². The third-order valence-electron chi connectivity index (χ3n) is 5.10. The smallest absolute Gasteiger partial charge is 0.0509 e. The van der Waals surface area contributed by atoms with Crippen LogP contribution in [-0.2, 0) is 0 Å². The highest BCUT2D eigenvalue weighted by molar-refractivity contribution is 5.84. The largest absolute Gasteiger partial charge is 0.294 e. The van der Waals surface area contributed by atoms with Crippen molar-refractivity contribution in [2.45, 2.75) is 99.5 Å². The maximum absolute atomic E-state index is 5.10. The zero-order chi connectivity index (χ0) is 16.8. The van der Waals surface area contributed by atoms with E-state index in [9.17, 15) is 0 Å². The lowest BCUT2D eigenvalue weighted by atomic mass is 9.62. The zero-order valence-electron chi connectivity index (χ0n) is 16.1. The molecule has 128 valence electrons. The first-order valence-corrected chi connectivity index (χ1v) is 9.35. The Morgan fingerprint density at radius 3 is 1.91 bits per heavy atom. The number of rotatable bonds is 7. The second-order valence-electron chi connectivity index (χ2n) is 8.21. The highest BCUT2D eigenvalue weighted by Gasteiger charge is 2.41. The van der Waals surface area contributed by atoms with Gasteiger partial charge in [0.15, 0.2) is 0 Å². The van der Waals surface area contributed by atoms with Crippen molar-refractivity contribution in [2.24, 2.45) is 20.8 Å². The normalized spacial score (nSPS) is 27.3. The van der Waals surface area contributed by atoms with E-state index in [4.69, 9.17) is 9.98 Å². The van der Waals surface area contributed by atoms with Crippen LogP contribution in [0.5, 0.6) is 0 Å². The van der Waals surface area contributed by atoms with Crippen LogP contribution in [0, 0.1) is 10.8 Å². The topological polar surface area (TPSA) is 24.7 Å². The van der Waals surface area contributed by atoms with Gasteiger partial charge in [0, 0.05) is 18.0 Å². The van der Waals surface area contributed by atoms with Crippen LogP contribution in [-0.4, -0.2) is 24.0 Å². The maximum Gasteiger partial charge on any atom is 0.0509 e. The van der Waals surface area contributed by atoms with E-state index >= 15 is 0 Å². The van der Waals surface area contributed by atoms with Gasteiger partial charge in [0.25, 0.3) is 0 Å². The molecule has 2 heteroatoms. The fourth-order valence-electron chi connectivity index (χ4n) is 4.26. The third-order valence-corrected chi connectivity index (χ3v) is 5.10. The molecule has 2 nitrogen and oxygen atoms in total. The Morgan fingerprint density at radius 2 is 1.41 bits per heavy atom. The van der Waals surface area contributed by atoms with Crippen molar-refractivity contribution in [1.82, 2.24) is 0 Å². The Kier molecular flexibility index (Phi) is 7.28. The zero-order valence-corrected chi connectivity index (χ0v) is 16.1. The van der Waals surface area contributed by atoms with Crippen LogP contribution in [0.4, 0.5) is 0 Å². The van der Waals surface area contributed by atoms with E-state index in [-0.39, 0.29) is 0 Å². The quantitative estimate of drug-likeness (QED) is 0.508. The molecule has 0 aromatic heterocycles. The lowest BCUT2D eigenvalue weighted by Gasteiger charge is -2.45. The van der Waals surface area contributed by atoms with Gasteiger partial charge in [-0.2, -0.15) is 0 Å². The molecule has 0 aromatic carbocycles. The van der Waals surface area contributed by atoms with Crippen LogP contribution in [0.1, 0.15) is 93.4 Å². The Labute approximate surface area is 138 Å². The van der Waals surface area contributed by atoms with Crippen molar-refractivity contribution in [3.05, 3.63) is 0 Å². The van der Waals surface area contributed by atoms with Crippen LogP contribution < -0.4 is 0 Å². The lowest BCUT2D eigenvalue weighted by Crippen LogP contribution is -2.40. The molecule has 0 spiro atoms. The average molecular weight is 307 g/mol. The van der Waals surface area contributed by atoms with E-state index in [1.165, 1.54) is 30.7 Å². The molecule has 0 N–H and O–H groups in total. The van der Waals surface area contributed by atoms with Gasteiger partial charge in [-0.15, -0.1) is 0 Å².